The van der Waals surface area contributed by atoms with Crippen LogP contribution in [-0.2, 0) is 24.8 Å². The van der Waals surface area contributed by atoms with Gasteiger partial charge >= 0.3 is 0 Å². The first kappa shape index (κ1) is 13.2. The van der Waals surface area contributed by atoms with E-state index in [0.717, 1.165) is 17.7 Å². The Bertz CT molecular complexity index is 418. The minimum absolute atomic E-state index is 0.0492. The molecule has 0 fully saturated rings. The number of carbonyl (C=O) groups excluding carboxylic acids is 1. The number of carbonyl (C=O) groups is 1. The van der Waals surface area contributed by atoms with Gasteiger partial charge in [0.05, 0.1) is 18.3 Å². The van der Waals surface area contributed by atoms with Crippen LogP contribution in [0.4, 0.5) is 0 Å². The Morgan fingerprint density at radius 3 is 3.06 bits per heavy atom. The molecule has 6 nitrogen and oxygen atoms in total. The Kier molecular flexibility index (Phi) is 5.17. The number of aromatic nitrogens is 2. The summed E-state index contributed by atoms with van der Waals surface area (Å²) < 4.78 is 1.77. The molecule has 0 atom stereocenters. The highest BCUT2D eigenvalue weighted by Gasteiger charge is 2.06. The fraction of sp³-hybridized carbons (Fsp3) is 0.545. The number of amides is 1. The molecule has 0 spiro atoms. The molecule has 1 aromatic rings. The van der Waals surface area contributed by atoms with Gasteiger partial charge in [0.2, 0.25) is 5.91 Å². The van der Waals surface area contributed by atoms with E-state index < -0.39 is 0 Å². The predicted molar refractivity (Wildman–Crippen MR) is 62.9 cm³/mol. The van der Waals surface area contributed by atoms with Gasteiger partial charge in [-0.1, -0.05) is 6.92 Å². The van der Waals surface area contributed by atoms with E-state index in [1.165, 1.54) is 0 Å². The molecule has 1 heterocycles. The second-order valence-corrected chi connectivity index (χ2v) is 3.67. The van der Waals surface area contributed by atoms with Crippen molar-refractivity contribution in [2.75, 3.05) is 13.1 Å². The molecule has 0 radical (unpaired) electrons. The molecule has 0 bridgehead atoms. The number of nitrogens with zero attached hydrogens (tertiary/aromatic N) is 3. The lowest BCUT2D eigenvalue weighted by Gasteiger charge is -2.03. The van der Waals surface area contributed by atoms with Crippen LogP contribution < -0.4 is 10.6 Å². The van der Waals surface area contributed by atoms with Crippen LogP contribution in [0.5, 0.6) is 0 Å². The van der Waals surface area contributed by atoms with Crippen molar-refractivity contribution in [2.45, 2.75) is 19.9 Å². The molecule has 2 N–H and O–H groups in total. The minimum Gasteiger partial charge on any atom is -0.342 e. The summed E-state index contributed by atoms with van der Waals surface area (Å²) in [5.74, 6) is -0.173. The van der Waals surface area contributed by atoms with Gasteiger partial charge in [0, 0.05) is 25.4 Å². The molecule has 92 valence electrons. The molecule has 0 aliphatic heterocycles. The summed E-state index contributed by atoms with van der Waals surface area (Å²) >= 11 is 0. The molecular formula is C11H17N5O. The smallest absolute Gasteiger partial charge is 0.234 e. The van der Waals surface area contributed by atoms with Crippen molar-refractivity contribution >= 4 is 5.91 Å². The molecule has 0 unspecified atom stereocenters. The van der Waals surface area contributed by atoms with E-state index in [-0.39, 0.29) is 19.0 Å². The Morgan fingerprint density at radius 2 is 2.41 bits per heavy atom. The van der Waals surface area contributed by atoms with Gasteiger partial charge in [0.1, 0.15) is 6.54 Å². The molecule has 0 saturated heterocycles. The van der Waals surface area contributed by atoms with Crippen LogP contribution in [0.2, 0.25) is 0 Å². The van der Waals surface area contributed by atoms with E-state index in [1.807, 2.05) is 26.2 Å². The monoisotopic (exact) mass is 235 g/mol. The predicted octanol–water partition coefficient (Wildman–Crippen LogP) is -0.288. The van der Waals surface area contributed by atoms with Crippen molar-refractivity contribution in [3.63, 3.8) is 0 Å². The van der Waals surface area contributed by atoms with Gasteiger partial charge in [-0.2, -0.15) is 10.4 Å². The van der Waals surface area contributed by atoms with Crippen LogP contribution >= 0.6 is 0 Å². The van der Waals surface area contributed by atoms with Crippen LogP contribution in [0.15, 0.2) is 6.20 Å². The third kappa shape index (κ3) is 4.25. The highest BCUT2D eigenvalue weighted by molar-refractivity contribution is 5.78. The largest absolute Gasteiger partial charge is 0.342 e. The zero-order valence-corrected chi connectivity index (χ0v) is 10.2. The Hall–Kier alpha value is -1.87. The summed E-state index contributed by atoms with van der Waals surface area (Å²) in [4.78, 5) is 11.2. The average Bonchev–Trinajstić information content (AvgIpc) is 2.67. The summed E-state index contributed by atoms with van der Waals surface area (Å²) in [6.07, 6.45) is 2.82. The van der Waals surface area contributed by atoms with Crippen LogP contribution in [0.25, 0.3) is 0 Å². The third-order valence-electron chi connectivity index (χ3n) is 2.29. The highest BCUT2D eigenvalue weighted by Crippen LogP contribution is 2.06. The normalized spacial score (nSPS) is 9.94. The van der Waals surface area contributed by atoms with Crippen molar-refractivity contribution in [1.82, 2.24) is 20.4 Å². The van der Waals surface area contributed by atoms with E-state index >= 15 is 0 Å². The molecule has 1 amide bonds. The van der Waals surface area contributed by atoms with Crippen molar-refractivity contribution in [3.8, 4) is 6.07 Å². The van der Waals surface area contributed by atoms with Crippen LogP contribution in [0.1, 0.15) is 18.2 Å². The van der Waals surface area contributed by atoms with Gasteiger partial charge in [0.15, 0.2) is 0 Å². The van der Waals surface area contributed by atoms with E-state index in [1.54, 1.807) is 4.68 Å². The van der Waals surface area contributed by atoms with Crippen molar-refractivity contribution in [2.24, 2.45) is 7.05 Å². The second kappa shape index (κ2) is 6.66. The SMILES string of the molecule is CCc1nn(C)cc1CNCC(=O)NCC#N. The van der Waals surface area contributed by atoms with E-state index in [4.69, 9.17) is 5.26 Å². The molecule has 0 aliphatic rings. The van der Waals surface area contributed by atoms with Gasteiger partial charge < -0.3 is 10.6 Å². The fourth-order valence-corrected chi connectivity index (χ4v) is 1.54. The molecule has 0 aliphatic carbocycles. The molecule has 0 saturated carbocycles. The first-order chi connectivity index (χ1) is 8.17. The number of rotatable bonds is 6. The zero-order valence-electron chi connectivity index (χ0n) is 10.2. The van der Waals surface area contributed by atoms with Crippen LogP contribution in [0.3, 0.4) is 0 Å². The summed E-state index contributed by atoms with van der Waals surface area (Å²) in [7, 11) is 1.88. The maximum absolute atomic E-state index is 11.2. The van der Waals surface area contributed by atoms with Gasteiger partial charge in [0.25, 0.3) is 0 Å². The third-order valence-corrected chi connectivity index (χ3v) is 2.29. The lowest BCUT2D eigenvalue weighted by molar-refractivity contribution is -0.120. The zero-order chi connectivity index (χ0) is 12.7. The number of nitrogens with one attached hydrogen (secondary N) is 2. The van der Waals surface area contributed by atoms with E-state index in [9.17, 15) is 4.79 Å². The lowest BCUT2D eigenvalue weighted by Crippen LogP contribution is -2.33. The maximum atomic E-state index is 11.2. The van der Waals surface area contributed by atoms with E-state index in [2.05, 4.69) is 15.7 Å². The Balaban J connectivity index is 2.35. The molecular weight excluding hydrogens is 218 g/mol. The second-order valence-electron chi connectivity index (χ2n) is 3.67. The quantitative estimate of drug-likeness (QED) is 0.664. The molecule has 6 heteroatoms. The highest BCUT2D eigenvalue weighted by atomic mass is 16.1. The average molecular weight is 235 g/mol. The van der Waals surface area contributed by atoms with Gasteiger partial charge in [-0.05, 0) is 6.42 Å². The molecule has 0 aromatic carbocycles. The number of aryl methyl sites for hydroxylation is 2. The Morgan fingerprint density at radius 1 is 1.65 bits per heavy atom. The first-order valence-electron chi connectivity index (χ1n) is 5.53. The fourth-order valence-electron chi connectivity index (χ4n) is 1.54. The molecule has 1 aromatic heterocycles. The van der Waals surface area contributed by atoms with Crippen molar-refractivity contribution < 1.29 is 4.79 Å². The van der Waals surface area contributed by atoms with Crippen molar-refractivity contribution in [1.29, 1.82) is 5.26 Å². The number of hydrogen-bond acceptors (Lipinski definition) is 4. The van der Waals surface area contributed by atoms with Crippen LogP contribution in [0, 0.1) is 11.3 Å². The van der Waals surface area contributed by atoms with Gasteiger partial charge in [-0.15, -0.1) is 0 Å². The molecule has 17 heavy (non-hydrogen) atoms. The van der Waals surface area contributed by atoms with E-state index in [0.29, 0.717) is 6.54 Å². The standard InChI is InChI=1S/C11H17N5O/c1-3-10-9(8-16(2)15-10)6-13-7-11(17)14-5-4-12/h8,13H,3,5-7H2,1-2H3,(H,14,17). The first-order valence-corrected chi connectivity index (χ1v) is 5.53. The maximum Gasteiger partial charge on any atom is 0.234 e. The lowest BCUT2D eigenvalue weighted by atomic mass is 10.2. The number of hydrogen-bond donors (Lipinski definition) is 2. The minimum atomic E-state index is -0.173. The van der Waals surface area contributed by atoms with Gasteiger partial charge in [-0.25, -0.2) is 0 Å². The van der Waals surface area contributed by atoms with Crippen molar-refractivity contribution in [3.05, 3.63) is 17.5 Å². The number of nitriles is 1. The van der Waals surface area contributed by atoms with Crippen LogP contribution in [-0.4, -0.2) is 28.8 Å². The van der Waals surface area contributed by atoms with Gasteiger partial charge in [-0.3, -0.25) is 9.48 Å². The summed E-state index contributed by atoms with van der Waals surface area (Å²) in [6, 6.07) is 1.86. The molecule has 1 rings (SSSR count). The summed E-state index contributed by atoms with van der Waals surface area (Å²) in [6.45, 7) is 2.91. The summed E-state index contributed by atoms with van der Waals surface area (Å²) in [5, 5.41) is 18.1. The Labute approximate surface area is 101 Å². The summed E-state index contributed by atoms with van der Waals surface area (Å²) in [5.41, 5.74) is 2.14. The topological polar surface area (TPSA) is 82.7 Å².